The van der Waals surface area contributed by atoms with E-state index < -0.39 is 12.0 Å². The third-order valence-corrected chi connectivity index (χ3v) is 1.04. The lowest BCUT2D eigenvalue weighted by atomic mass is 10.2. The minimum atomic E-state index is -1.78. The van der Waals surface area contributed by atoms with E-state index in [-0.39, 0.29) is 18.4 Å². The van der Waals surface area contributed by atoms with Gasteiger partial charge in [0.1, 0.15) is 0 Å². The molecule has 0 heterocycles. The lowest BCUT2D eigenvalue weighted by Crippen LogP contribution is -1.94. The van der Waals surface area contributed by atoms with Crippen LogP contribution in [-0.2, 0) is 4.79 Å². The Morgan fingerprint density at radius 3 is 2.20 bits per heavy atom. The van der Waals surface area contributed by atoms with Gasteiger partial charge in [0.15, 0.2) is 0 Å². The van der Waals surface area contributed by atoms with Crippen molar-refractivity contribution < 1.29 is 18.7 Å². The molecule has 0 aromatic heterocycles. The van der Waals surface area contributed by atoms with E-state index in [1.54, 1.807) is 0 Å². The van der Waals surface area contributed by atoms with Crippen molar-refractivity contribution in [2.45, 2.75) is 19.8 Å². The van der Waals surface area contributed by atoms with Gasteiger partial charge in [0.25, 0.3) is 6.08 Å². The number of carboxylic acids is 1. The second-order valence-corrected chi connectivity index (χ2v) is 1.93. The molecule has 0 rings (SSSR count). The average molecular weight is 150 g/mol. The van der Waals surface area contributed by atoms with Gasteiger partial charge in [-0.25, -0.2) is 0 Å². The second kappa shape index (κ2) is 3.98. The van der Waals surface area contributed by atoms with Crippen molar-refractivity contribution in [1.29, 1.82) is 0 Å². The fraction of sp³-hybridized carbons (Fsp3) is 0.500. The summed E-state index contributed by atoms with van der Waals surface area (Å²) in [7, 11) is 0. The van der Waals surface area contributed by atoms with Crippen molar-refractivity contribution in [3.63, 3.8) is 0 Å². The highest BCUT2D eigenvalue weighted by Gasteiger charge is 2.02. The van der Waals surface area contributed by atoms with Crippen LogP contribution in [0.5, 0.6) is 0 Å². The van der Waals surface area contributed by atoms with Gasteiger partial charge >= 0.3 is 5.97 Å². The molecule has 0 aliphatic heterocycles. The molecule has 0 spiro atoms. The molecule has 58 valence electrons. The molecule has 4 heteroatoms. The number of carboxylic acid groups (broad SMARTS) is 1. The Hall–Kier alpha value is -0.930. The second-order valence-electron chi connectivity index (χ2n) is 1.93. The van der Waals surface area contributed by atoms with E-state index in [0.29, 0.717) is 0 Å². The highest BCUT2D eigenvalue weighted by Crippen LogP contribution is 2.12. The predicted octanol–water partition coefficient (Wildman–Crippen LogP) is 2.02. The maximum atomic E-state index is 11.6. The summed E-state index contributed by atoms with van der Waals surface area (Å²) in [6.07, 6.45) is -2.08. The van der Waals surface area contributed by atoms with Crippen LogP contribution in [0.3, 0.4) is 0 Å². The summed E-state index contributed by atoms with van der Waals surface area (Å²) in [5, 5.41) is 8.08. The highest BCUT2D eigenvalue weighted by atomic mass is 19.3. The number of allylic oxidation sites excluding steroid dienone is 1. The van der Waals surface area contributed by atoms with Crippen molar-refractivity contribution in [2.75, 3.05) is 0 Å². The summed E-state index contributed by atoms with van der Waals surface area (Å²) in [6.45, 7) is 1.22. The molecule has 0 fully saturated rings. The fourth-order valence-electron chi connectivity index (χ4n) is 0.389. The number of halogens is 2. The third kappa shape index (κ3) is 4.00. The molecule has 0 aliphatic rings. The van der Waals surface area contributed by atoms with Crippen molar-refractivity contribution in [3.8, 4) is 0 Å². The first-order valence-corrected chi connectivity index (χ1v) is 2.76. The van der Waals surface area contributed by atoms with Gasteiger partial charge in [-0.05, 0) is 18.9 Å². The SMILES string of the molecule is CC(CCC(=O)O)=C(F)F. The van der Waals surface area contributed by atoms with Gasteiger partial charge in [0.2, 0.25) is 0 Å². The van der Waals surface area contributed by atoms with E-state index in [0.717, 1.165) is 0 Å². The van der Waals surface area contributed by atoms with Crippen LogP contribution in [0.15, 0.2) is 11.7 Å². The topological polar surface area (TPSA) is 37.3 Å². The first-order chi connectivity index (χ1) is 4.54. The number of rotatable bonds is 3. The molecule has 0 aliphatic carbocycles. The summed E-state index contributed by atoms with van der Waals surface area (Å²) in [6, 6.07) is 0. The van der Waals surface area contributed by atoms with Crippen LogP contribution in [0.1, 0.15) is 19.8 Å². The van der Waals surface area contributed by atoms with E-state index in [2.05, 4.69) is 0 Å². The summed E-state index contributed by atoms with van der Waals surface area (Å²) < 4.78 is 23.1. The number of carbonyl (C=O) groups is 1. The average Bonchev–Trinajstić information content (AvgIpc) is 1.82. The van der Waals surface area contributed by atoms with Crippen LogP contribution < -0.4 is 0 Å². The molecule has 0 atom stereocenters. The Morgan fingerprint density at radius 1 is 1.40 bits per heavy atom. The van der Waals surface area contributed by atoms with Crippen LogP contribution in [0.2, 0.25) is 0 Å². The largest absolute Gasteiger partial charge is 0.481 e. The van der Waals surface area contributed by atoms with Crippen LogP contribution in [-0.4, -0.2) is 11.1 Å². The molecule has 10 heavy (non-hydrogen) atoms. The maximum absolute atomic E-state index is 11.6. The molecule has 0 bridgehead atoms. The van der Waals surface area contributed by atoms with Crippen LogP contribution in [0.4, 0.5) is 8.78 Å². The molecule has 0 aromatic rings. The molecule has 0 amide bonds. The molecule has 0 saturated carbocycles. The Balaban J connectivity index is 3.71. The van der Waals surface area contributed by atoms with Crippen LogP contribution in [0, 0.1) is 0 Å². The molecule has 0 aromatic carbocycles. The van der Waals surface area contributed by atoms with E-state index in [1.165, 1.54) is 6.92 Å². The van der Waals surface area contributed by atoms with Gasteiger partial charge in [-0.15, -0.1) is 0 Å². The van der Waals surface area contributed by atoms with E-state index in [9.17, 15) is 13.6 Å². The Morgan fingerprint density at radius 2 is 1.90 bits per heavy atom. The van der Waals surface area contributed by atoms with Crippen LogP contribution in [0.25, 0.3) is 0 Å². The maximum Gasteiger partial charge on any atom is 0.303 e. The third-order valence-electron chi connectivity index (χ3n) is 1.04. The molecular formula is C6H8F2O2. The Labute approximate surface area is 57.2 Å². The number of hydrogen-bond donors (Lipinski definition) is 1. The summed E-state index contributed by atoms with van der Waals surface area (Å²) >= 11 is 0. The van der Waals surface area contributed by atoms with Crippen molar-refractivity contribution in [1.82, 2.24) is 0 Å². The molecule has 0 radical (unpaired) electrons. The minimum Gasteiger partial charge on any atom is -0.481 e. The van der Waals surface area contributed by atoms with E-state index in [1.807, 2.05) is 0 Å². The Bertz CT molecular complexity index is 159. The molecule has 0 saturated heterocycles. The molecule has 1 N–H and O–H groups in total. The van der Waals surface area contributed by atoms with E-state index in [4.69, 9.17) is 5.11 Å². The smallest absolute Gasteiger partial charge is 0.303 e. The summed E-state index contributed by atoms with van der Waals surface area (Å²) in [5.74, 6) is -1.06. The predicted molar refractivity (Wildman–Crippen MR) is 31.8 cm³/mol. The number of aliphatic carboxylic acids is 1. The lowest BCUT2D eigenvalue weighted by Gasteiger charge is -1.93. The fourth-order valence-corrected chi connectivity index (χ4v) is 0.389. The minimum absolute atomic E-state index is 0.0718. The summed E-state index contributed by atoms with van der Waals surface area (Å²) in [4.78, 5) is 9.86. The summed E-state index contributed by atoms with van der Waals surface area (Å²) in [5.41, 5.74) is -0.151. The van der Waals surface area contributed by atoms with Crippen LogP contribution >= 0.6 is 0 Å². The standard InChI is InChI=1S/C6H8F2O2/c1-4(6(7)8)2-3-5(9)10/h2-3H2,1H3,(H,9,10). The Kier molecular flexibility index (Phi) is 3.61. The quantitative estimate of drug-likeness (QED) is 0.668. The molecular weight excluding hydrogens is 142 g/mol. The highest BCUT2D eigenvalue weighted by molar-refractivity contribution is 5.66. The monoisotopic (exact) mass is 150 g/mol. The lowest BCUT2D eigenvalue weighted by molar-refractivity contribution is -0.136. The number of hydrogen-bond acceptors (Lipinski definition) is 1. The van der Waals surface area contributed by atoms with Crippen molar-refractivity contribution in [2.24, 2.45) is 0 Å². The molecule has 2 nitrogen and oxygen atoms in total. The first-order valence-electron chi connectivity index (χ1n) is 2.76. The van der Waals surface area contributed by atoms with Gasteiger partial charge in [-0.2, -0.15) is 8.78 Å². The molecule has 0 unspecified atom stereocenters. The van der Waals surface area contributed by atoms with Gasteiger partial charge in [-0.3, -0.25) is 4.79 Å². The zero-order chi connectivity index (χ0) is 8.15. The van der Waals surface area contributed by atoms with Gasteiger partial charge < -0.3 is 5.11 Å². The van der Waals surface area contributed by atoms with Gasteiger partial charge in [0, 0.05) is 6.42 Å². The van der Waals surface area contributed by atoms with Crippen molar-refractivity contribution in [3.05, 3.63) is 11.7 Å². The van der Waals surface area contributed by atoms with Gasteiger partial charge in [0.05, 0.1) is 0 Å². The first kappa shape index (κ1) is 9.07. The normalized spacial score (nSPS) is 9.10. The van der Waals surface area contributed by atoms with Gasteiger partial charge in [-0.1, -0.05) is 0 Å². The zero-order valence-corrected chi connectivity index (χ0v) is 5.53. The van der Waals surface area contributed by atoms with Crippen molar-refractivity contribution >= 4 is 5.97 Å². The van der Waals surface area contributed by atoms with E-state index >= 15 is 0 Å². The zero-order valence-electron chi connectivity index (χ0n) is 5.53.